The Morgan fingerprint density at radius 3 is 2.90 bits per heavy atom. The molecule has 1 aliphatic heterocycles. The Kier molecular flexibility index (Phi) is 3.92. The Hall–Kier alpha value is -1.55. The fourth-order valence-corrected chi connectivity index (χ4v) is 3.00. The molecule has 104 valence electrons. The van der Waals surface area contributed by atoms with Crippen LogP contribution in [0.2, 0.25) is 0 Å². The van der Waals surface area contributed by atoms with Gasteiger partial charge < -0.3 is 10.1 Å². The van der Waals surface area contributed by atoms with Crippen molar-refractivity contribution in [3.8, 4) is 5.75 Å². The second-order valence-corrected chi connectivity index (χ2v) is 5.70. The lowest BCUT2D eigenvalue weighted by atomic mass is 9.93. The highest BCUT2D eigenvalue weighted by Crippen LogP contribution is 2.34. The van der Waals surface area contributed by atoms with Gasteiger partial charge in [0.15, 0.2) is 0 Å². The minimum atomic E-state index is -0.236. The zero-order valence-electron chi connectivity index (χ0n) is 10.9. The number of anilines is 1. The average molecular weight is 336 g/mol. The van der Waals surface area contributed by atoms with Gasteiger partial charge in [0.05, 0.1) is 12.3 Å². The maximum atomic E-state index is 13.8. The molecule has 1 N–H and O–H groups in total. The fourth-order valence-electron chi connectivity index (χ4n) is 2.52. The summed E-state index contributed by atoms with van der Waals surface area (Å²) >= 11 is 3.38. The van der Waals surface area contributed by atoms with E-state index < -0.39 is 0 Å². The Balaban J connectivity index is 1.77. The van der Waals surface area contributed by atoms with Crippen molar-refractivity contribution in [2.75, 3.05) is 18.5 Å². The zero-order valence-corrected chi connectivity index (χ0v) is 12.5. The summed E-state index contributed by atoms with van der Waals surface area (Å²) in [7, 11) is 0. The van der Waals surface area contributed by atoms with Crippen molar-refractivity contribution in [2.24, 2.45) is 0 Å². The second-order valence-electron chi connectivity index (χ2n) is 4.85. The van der Waals surface area contributed by atoms with Gasteiger partial charge in [-0.15, -0.1) is 0 Å². The predicted octanol–water partition coefficient (Wildman–Crippen LogP) is 4.57. The van der Waals surface area contributed by atoms with Gasteiger partial charge in [-0.3, -0.25) is 0 Å². The van der Waals surface area contributed by atoms with Crippen LogP contribution in [0.25, 0.3) is 0 Å². The Morgan fingerprint density at radius 1 is 1.20 bits per heavy atom. The second kappa shape index (κ2) is 5.83. The number of para-hydroxylation sites is 2. The first-order valence-electron chi connectivity index (χ1n) is 6.65. The molecule has 1 aliphatic rings. The molecule has 0 spiro atoms. The average Bonchev–Trinajstić information content (AvgIpc) is 2.47. The van der Waals surface area contributed by atoms with Crippen LogP contribution in [0.15, 0.2) is 46.9 Å². The van der Waals surface area contributed by atoms with Gasteiger partial charge in [0.1, 0.15) is 11.6 Å². The molecule has 2 aromatic rings. The summed E-state index contributed by atoms with van der Waals surface area (Å²) in [6, 6.07) is 13.0. The summed E-state index contributed by atoms with van der Waals surface area (Å²) in [5.41, 5.74) is 1.72. The first-order chi connectivity index (χ1) is 9.75. The van der Waals surface area contributed by atoms with E-state index in [0.29, 0.717) is 24.8 Å². The van der Waals surface area contributed by atoms with Gasteiger partial charge in [-0.2, -0.15) is 0 Å². The largest absolute Gasteiger partial charge is 0.493 e. The topological polar surface area (TPSA) is 21.3 Å². The van der Waals surface area contributed by atoms with Crippen LogP contribution in [0.5, 0.6) is 5.75 Å². The number of ether oxygens (including phenoxy) is 1. The third-order valence-electron chi connectivity index (χ3n) is 3.57. The molecule has 0 fully saturated rings. The normalized spacial score (nSPS) is 17.2. The molecule has 0 saturated heterocycles. The molecular weight excluding hydrogens is 321 g/mol. The lowest BCUT2D eigenvalue weighted by Crippen LogP contribution is -2.21. The minimum absolute atomic E-state index is 0.236. The van der Waals surface area contributed by atoms with Crippen molar-refractivity contribution in [2.45, 2.75) is 12.3 Å². The number of hydrogen-bond donors (Lipinski definition) is 1. The SMILES string of the molecule is Fc1cccc(Br)c1NCC1CCOc2ccccc21. The van der Waals surface area contributed by atoms with Crippen molar-refractivity contribution in [1.29, 1.82) is 0 Å². The van der Waals surface area contributed by atoms with E-state index in [1.165, 1.54) is 11.6 Å². The summed E-state index contributed by atoms with van der Waals surface area (Å²) in [5, 5.41) is 3.21. The maximum absolute atomic E-state index is 13.8. The first kappa shape index (κ1) is 13.4. The third kappa shape index (κ3) is 2.66. The van der Waals surface area contributed by atoms with Gasteiger partial charge in [0.25, 0.3) is 0 Å². The van der Waals surface area contributed by atoms with E-state index in [4.69, 9.17) is 4.74 Å². The standard InChI is InChI=1S/C16H15BrFNO/c17-13-5-3-6-14(18)16(13)19-10-11-8-9-20-15-7-2-1-4-12(11)15/h1-7,11,19H,8-10H2. The lowest BCUT2D eigenvalue weighted by Gasteiger charge is -2.26. The molecule has 0 aromatic heterocycles. The highest BCUT2D eigenvalue weighted by atomic mass is 79.9. The van der Waals surface area contributed by atoms with Crippen LogP contribution in [0, 0.1) is 5.82 Å². The Labute approximate surface area is 126 Å². The summed E-state index contributed by atoms with van der Waals surface area (Å²) in [5.74, 6) is 1.05. The number of fused-ring (bicyclic) bond motifs is 1. The highest BCUT2D eigenvalue weighted by Gasteiger charge is 2.21. The Bertz CT molecular complexity index is 597. The summed E-state index contributed by atoms with van der Waals surface area (Å²) in [4.78, 5) is 0. The van der Waals surface area contributed by atoms with E-state index in [-0.39, 0.29) is 5.82 Å². The van der Waals surface area contributed by atoms with Gasteiger partial charge in [-0.1, -0.05) is 24.3 Å². The van der Waals surface area contributed by atoms with Gasteiger partial charge in [0, 0.05) is 16.9 Å². The molecule has 0 saturated carbocycles. The van der Waals surface area contributed by atoms with E-state index in [9.17, 15) is 4.39 Å². The predicted molar refractivity (Wildman–Crippen MR) is 81.9 cm³/mol. The number of benzene rings is 2. The molecule has 4 heteroatoms. The molecule has 2 aromatic carbocycles. The van der Waals surface area contributed by atoms with Crippen LogP contribution < -0.4 is 10.1 Å². The molecule has 1 atom stereocenters. The van der Waals surface area contributed by atoms with Gasteiger partial charge in [0.2, 0.25) is 0 Å². The van der Waals surface area contributed by atoms with Crippen LogP contribution in [0.1, 0.15) is 17.9 Å². The lowest BCUT2D eigenvalue weighted by molar-refractivity contribution is 0.270. The van der Waals surface area contributed by atoms with E-state index in [1.54, 1.807) is 6.07 Å². The van der Waals surface area contributed by atoms with Crippen LogP contribution in [-0.2, 0) is 0 Å². The van der Waals surface area contributed by atoms with Crippen LogP contribution >= 0.6 is 15.9 Å². The molecule has 20 heavy (non-hydrogen) atoms. The minimum Gasteiger partial charge on any atom is -0.493 e. The number of halogens is 2. The van der Waals surface area contributed by atoms with Crippen LogP contribution in [0.3, 0.4) is 0 Å². The molecular formula is C16H15BrFNO. The van der Waals surface area contributed by atoms with E-state index in [2.05, 4.69) is 27.3 Å². The van der Waals surface area contributed by atoms with Gasteiger partial charge >= 0.3 is 0 Å². The zero-order chi connectivity index (χ0) is 13.9. The number of nitrogens with one attached hydrogen (secondary N) is 1. The molecule has 0 aliphatic carbocycles. The van der Waals surface area contributed by atoms with E-state index in [0.717, 1.165) is 16.6 Å². The summed E-state index contributed by atoms with van der Waals surface area (Å²) in [6.45, 7) is 1.40. The molecule has 1 heterocycles. The smallest absolute Gasteiger partial charge is 0.147 e. The van der Waals surface area contributed by atoms with Crippen molar-refractivity contribution < 1.29 is 9.13 Å². The van der Waals surface area contributed by atoms with Crippen molar-refractivity contribution in [3.05, 3.63) is 58.3 Å². The molecule has 0 radical (unpaired) electrons. The molecule has 0 bridgehead atoms. The Morgan fingerprint density at radius 2 is 2.05 bits per heavy atom. The van der Waals surface area contributed by atoms with E-state index in [1.807, 2.05) is 24.3 Å². The molecule has 2 nitrogen and oxygen atoms in total. The van der Waals surface area contributed by atoms with Crippen LogP contribution in [0.4, 0.5) is 10.1 Å². The monoisotopic (exact) mass is 335 g/mol. The van der Waals surface area contributed by atoms with Gasteiger partial charge in [-0.05, 0) is 46.1 Å². The van der Waals surface area contributed by atoms with Gasteiger partial charge in [-0.25, -0.2) is 4.39 Å². The van der Waals surface area contributed by atoms with Crippen molar-refractivity contribution in [1.82, 2.24) is 0 Å². The number of hydrogen-bond acceptors (Lipinski definition) is 2. The maximum Gasteiger partial charge on any atom is 0.147 e. The number of rotatable bonds is 3. The molecule has 3 rings (SSSR count). The fraction of sp³-hybridized carbons (Fsp3) is 0.250. The van der Waals surface area contributed by atoms with Crippen LogP contribution in [-0.4, -0.2) is 13.2 Å². The van der Waals surface area contributed by atoms with E-state index >= 15 is 0 Å². The summed E-state index contributed by atoms with van der Waals surface area (Å²) in [6.07, 6.45) is 0.941. The molecule has 0 amide bonds. The van der Waals surface area contributed by atoms with Crippen molar-refractivity contribution in [3.63, 3.8) is 0 Å². The first-order valence-corrected chi connectivity index (χ1v) is 7.44. The summed E-state index contributed by atoms with van der Waals surface area (Å²) < 4.78 is 20.2. The molecule has 1 unspecified atom stereocenters. The third-order valence-corrected chi connectivity index (χ3v) is 4.23. The highest BCUT2D eigenvalue weighted by molar-refractivity contribution is 9.10. The quantitative estimate of drug-likeness (QED) is 0.887. The van der Waals surface area contributed by atoms with Crippen molar-refractivity contribution >= 4 is 21.6 Å².